The SMILES string of the molecule is CC=C(C)C(=O)OC1CC(C)=C2CC(=O)C(C)=CC2C1C(C)C. The fourth-order valence-electron chi connectivity index (χ4n) is 3.78. The van der Waals surface area contributed by atoms with Crippen LogP contribution >= 0.6 is 0 Å². The van der Waals surface area contributed by atoms with E-state index < -0.39 is 0 Å². The number of carbonyl (C=O) groups is 2. The van der Waals surface area contributed by atoms with E-state index in [1.165, 1.54) is 11.1 Å². The first-order valence-electron chi connectivity index (χ1n) is 8.50. The molecule has 0 bridgehead atoms. The molecule has 0 saturated carbocycles. The van der Waals surface area contributed by atoms with E-state index in [4.69, 9.17) is 4.74 Å². The van der Waals surface area contributed by atoms with Gasteiger partial charge in [0.1, 0.15) is 6.10 Å². The highest BCUT2D eigenvalue weighted by Gasteiger charge is 2.42. The van der Waals surface area contributed by atoms with Gasteiger partial charge in [0.25, 0.3) is 0 Å². The Balaban J connectivity index is 2.37. The molecular formula is C20H28O3. The van der Waals surface area contributed by atoms with Crippen molar-refractivity contribution in [3.05, 3.63) is 34.4 Å². The molecule has 3 heteroatoms. The molecule has 2 rings (SSSR count). The van der Waals surface area contributed by atoms with Gasteiger partial charge in [-0.2, -0.15) is 0 Å². The van der Waals surface area contributed by atoms with E-state index in [2.05, 4.69) is 26.8 Å². The normalized spacial score (nSPS) is 28.7. The van der Waals surface area contributed by atoms with Crippen LogP contribution in [0.5, 0.6) is 0 Å². The number of hydrogen-bond acceptors (Lipinski definition) is 3. The topological polar surface area (TPSA) is 43.4 Å². The first-order chi connectivity index (χ1) is 10.8. The fraction of sp³-hybridized carbons (Fsp3) is 0.600. The Morgan fingerprint density at radius 3 is 2.57 bits per heavy atom. The third-order valence-electron chi connectivity index (χ3n) is 5.31. The zero-order valence-corrected chi connectivity index (χ0v) is 15.1. The van der Waals surface area contributed by atoms with Crippen LogP contribution in [0, 0.1) is 17.8 Å². The van der Waals surface area contributed by atoms with Crippen molar-refractivity contribution < 1.29 is 14.3 Å². The molecule has 0 saturated heterocycles. The van der Waals surface area contributed by atoms with Crippen molar-refractivity contribution in [1.29, 1.82) is 0 Å². The summed E-state index contributed by atoms with van der Waals surface area (Å²) in [6.45, 7) is 11.9. The van der Waals surface area contributed by atoms with Crippen molar-refractivity contribution in [2.45, 2.75) is 60.5 Å². The van der Waals surface area contributed by atoms with Crippen molar-refractivity contribution >= 4 is 11.8 Å². The second-order valence-electron chi connectivity index (χ2n) is 7.22. The highest BCUT2D eigenvalue weighted by molar-refractivity contribution is 5.98. The first kappa shape index (κ1) is 17.7. The van der Waals surface area contributed by atoms with Gasteiger partial charge in [-0.05, 0) is 39.2 Å². The van der Waals surface area contributed by atoms with Gasteiger partial charge in [0.2, 0.25) is 0 Å². The zero-order chi connectivity index (χ0) is 17.3. The quantitative estimate of drug-likeness (QED) is 0.440. The minimum Gasteiger partial charge on any atom is -0.458 e. The molecule has 0 heterocycles. The number of allylic oxidation sites excluding steroid dienone is 4. The fourth-order valence-corrected chi connectivity index (χ4v) is 3.78. The van der Waals surface area contributed by atoms with Gasteiger partial charge in [-0.15, -0.1) is 0 Å². The molecular weight excluding hydrogens is 288 g/mol. The predicted molar refractivity (Wildman–Crippen MR) is 91.8 cm³/mol. The lowest BCUT2D eigenvalue weighted by molar-refractivity contribution is -0.149. The summed E-state index contributed by atoms with van der Waals surface area (Å²) < 4.78 is 5.84. The molecule has 0 aromatic heterocycles. The molecule has 0 radical (unpaired) electrons. The maximum atomic E-state index is 12.2. The van der Waals surface area contributed by atoms with E-state index in [-0.39, 0.29) is 29.7 Å². The molecule has 0 amide bonds. The summed E-state index contributed by atoms with van der Waals surface area (Å²) >= 11 is 0. The Morgan fingerprint density at radius 1 is 1.35 bits per heavy atom. The summed E-state index contributed by atoms with van der Waals surface area (Å²) in [7, 11) is 0. The molecule has 0 fully saturated rings. The van der Waals surface area contributed by atoms with Gasteiger partial charge in [0.05, 0.1) is 0 Å². The molecule has 3 nitrogen and oxygen atoms in total. The number of fused-ring (bicyclic) bond motifs is 1. The minimum atomic E-state index is -0.230. The second kappa shape index (κ2) is 6.86. The average molecular weight is 316 g/mol. The Bertz CT molecular complexity index is 604. The standard InChI is InChI=1S/C20H28O3/c1-7-12(4)20(22)23-18-9-13(5)15-10-17(21)14(6)8-16(15)19(18)11(2)3/h7-8,11,16,18-19H,9-10H2,1-6H3. The lowest BCUT2D eigenvalue weighted by Crippen LogP contribution is -2.41. The third-order valence-corrected chi connectivity index (χ3v) is 5.31. The minimum absolute atomic E-state index is 0.122. The Labute approximate surface area is 139 Å². The molecule has 2 aliphatic rings. The maximum absolute atomic E-state index is 12.2. The molecule has 0 aromatic carbocycles. The van der Waals surface area contributed by atoms with Crippen molar-refractivity contribution in [3.8, 4) is 0 Å². The van der Waals surface area contributed by atoms with Crippen LogP contribution in [0.3, 0.4) is 0 Å². The van der Waals surface area contributed by atoms with Crippen LogP contribution in [-0.2, 0) is 14.3 Å². The van der Waals surface area contributed by atoms with Crippen LogP contribution in [0.25, 0.3) is 0 Å². The lowest BCUT2D eigenvalue weighted by Gasteiger charge is -2.42. The number of hydrogen-bond donors (Lipinski definition) is 0. The van der Waals surface area contributed by atoms with Crippen LogP contribution in [-0.4, -0.2) is 17.9 Å². The van der Waals surface area contributed by atoms with Crippen LogP contribution in [0.1, 0.15) is 54.4 Å². The van der Waals surface area contributed by atoms with Crippen LogP contribution in [0.4, 0.5) is 0 Å². The van der Waals surface area contributed by atoms with E-state index in [0.717, 1.165) is 12.0 Å². The molecule has 0 aromatic rings. The first-order valence-corrected chi connectivity index (χ1v) is 8.50. The van der Waals surface area contributed by atoms with E-state index in [1.807, 2.05) is 13.8 Å². The summed E-state index contributed by atoms with van der Waals surface area (Å²) in [4.78, 5) is 24.3. The Kier molecular flexibility index (Phi) is 5.28. The van der Waals surface area contributed by atoms with E-state index in [1.54, 1.807) is 13.0 Å². The molecule has 3 unspecified atom stereocenters. The molecule has 23 heavy (non-hydrogen) atoms. The van der Waals surface area contributed by atoms with Crippen molar-refractivity contribution in [2.75, 3.05) is 0 Å². The van der Waals surface area contributed by atoms with Gasteiger partial charge in [-0.3, -0.25) is 4.79 Å². The number of rotatable bonds is 3. The molecule has 0 aliphatic heterocycles. The Hall–Kier alpha value is -1.64. The van der Waals surface area contributed by atoms with Crippen LogP contribution in [0.2, 0.25) is 0 Å². The number of ether oxygens (including phenoxy) is 1. The molecule has 0 N–H and O–H groups in total. The van der Waals surface area contributed by atoms with Crippen LogP contribution in [0.15, 0.2) is 34.4 Å². The van der Waals surface area contributed by atoms with Gasteiger partial charge in [0.15, 0.2) is 5.78 Å². The highest BCUT2D eigenvalue weighted by Crippen LogP contribution is 2.45. The third kappa shape index (κ3) is 3.49. The summed E-state index contributed by atoms with van der Waals surface area (Å²) in [5.41, 5.74) is 3.94. The van der Waals surface area contributed by atoms with Gasteiger partial charge in [0, 0.05) is 30.3 Å². The van der Waals surface area contributed by atoms with E-state index >= 15 is 0 Å². The number of Topliss-reactive ketones (excluding diaryl/α,β-unsaturated/α-hetero) is 1. The Morgan fingerprint density at radius 2 is 2.00 bits per heavy atom. The number of ketones is 1. The van der Waals surface area contributed by atoms with Crippen molar-refractivity contribution in [3.63, 3.8) is 0 Å². The van der Waals surface area contributed by atoms with Gasteiger partial charge in [-0.25, -0.2) is 4.79 Å². The smallest absolute Gasteiger partial charge is 0.333 e. The predicted octanol–water partition coefficient (Wildman–Crippen LogP) is 4.39. The summed E-state index contributed by atoms with van der Waals surface area (Å²) in [5, 5.41) is 0. The van der Waals surface area contributed by atoms with Gasteiger partial charge in [-0.1, -0.05) is 37.1 Å². The summed E-state index contributed by atoms with van der Waals surface area (Å²) in [5.74, 6) is 0.810. The largest absolute Gasteiger partial charge is 0.458 e. The monoisotopic (exact) mass is 316 g/mol. The van der Waals surface area contributed by atoms with Crippen molar-refractivity contribution in [1.82, 2.24) is 0 Å². The number of carbonyl (C=O) groups excluding carboxylic acids is 2. The van der Waals surface area contributed by atoms with Crippen molar-refractivity contribution in [2.24, 2.45) is 17.8 Å². The summed E-state index contributed by atoms with van der Waals surface area (Å²) in [6, 6.07) is 0. The van der Waals surface area contributed by atoms with E-state index in [0.29, 0.717) is 17.9 Å². The maximum Gasteiger partial charge on any atom is 0.333 e. The second-order valence-corrected chi connectivity index (χ2v) is 7.22. The van der Waals surface area contributed by atoms with Gasteiger partial charge < -0.3 is 4.74 Å². The number of esters is 1. The van der Waals surface area contributed by atoms with Crippen LogP contribution < -0.4 is 0 Å². The molecule has 3 atom stereocenters. The highest BCUT2D eigenvalue weighted by atomic mass is 16.5. The average Bonchev–Trinajstić information content (AvgIpc) is 2.48. The summed E-state index contributed by atoms with van der Waals surface area (Å²) in [6.07, 6.45) is 5.02. The van der Waals surface area contributed by atoms with Gasteiger partial charge >= 0.3 is 5.97 Å². The molecule has 126 valence electrons. The zero-order valence-electron chi connectivity index (χ0n) is 15.1. The molecule has 0 spiro atoms. The van der Waals surface area contributed by atoms with E-state index in [9.17, 15) is 9.59 Å². The lowest BCUT2D eigenvalue weighted by atomic mass is 9.65. The molecule has 2 aliphatic carbocycles.